The lowest BCUT2D eigenvalue weighted by Gasteiger charge is -2.01. The summed E-state index contributed by atoms with van der Waals surface area (Å²) < 4.78 is 4.78. The van der Waals surface area contributed by atoms with Gasteiger partial charge in [-0.2, -0.15) is 0 Å². The normalized spacial score (nSPS) is 8.23. The number of carbonyl (C=O) groups is 1. The van der Waals surface area contributed by atoms with E-state index in [1.54, 1.807) is 0 Å². The molecule has 13 heavy (non-hydrogen) atoms. The van der Waals surface area contributed by atoms with E-state index in [0.717, 1.165) is 0 Å². The van der Waals surface area contributed by atoms with Crippen molar-refractivity contribution in [3.05, 3.63) is 23.8 Å². The number of phenols is 1. The standard InChI is InChI=1S/C8H8O3.C2H6/c1-11-8-4-6(5-9)2-3-7(8)10;1-2/h2-5,10H,1H3;1-2H3. The number of rotatable bonds is 2. The number of hydrogen-bond donors (Lipinski definition) is 1. The van der Waals surface area contributed by atoms with Gasteiger partial charge in [0.05, 0.1) is 7.11 Å². The zero-order valence-electron chi connectivity index (χ0n) is 8.07. The van der Waals surface area contributed by atoms with Gasteiger partial charge < -0.3 is 9.84 Å². The summed E-state index contributed by atoms with van der Waals surface area (Å²) in [5.41, 5.74) is 0.486. The monoisotopic (exact) mass is 182 g/mol. The van der Waals surface area contributed by atoms with Crippen molar-refractivity contribution in [2.75, 3.05) is 7.11 Å². The number of aromatic hydroxyl groups is 1. The molecule has 0 atom stereocenters. The van der Waals surface area contributed by atoms with Gasteiger partial charge >= 0.3 is 0 Å². The van der Waals surface area contributed by atoms with Gasteiger partial charge in [-0.15, -0.1) is 0 Å². The summed E-state index contributed by atoms with van der Waals surface area (Å²) >= 11 is 0. The quantitative estimate of drug-likeness (QED) is 0.713. The van der Waals surface area contributed by atoms with Gasteiger partial charge in [0.2, 0.25) is 0 Å². The van der Waals surface area contributed by atoms with Gasteiger partial charge in [-0.1, -0.05) is 13.8 Å². The molecule has 0 aliphatic carbocycles. The molecule has 0 unspecified atom stereocenters. The van der Waals surface area contributed by atoms with Gasteiger partial charge in [-0.3, -0.25) is 4.79 Å². The lowest BCUT2D eigenvalue weighted by Crippen LogP contribution is -1.85. The molecule has 0 aromatic heterocycles. The van der Waals surface area contributed by atoms with E-state index in [1.807, 2.05) is 13.8 Å². The number of ether oxygens (including phenoxy) is 1. The Morgan fingerprint density at radius 1 is 1.38 bits per heavy atom. The highest BCUT2D eigenvalue weighted by atomic mass is 16.5. The molecule has 0 radical (unpaired) electrons. The third-order valence-electron chi connectivity index (χ3n) is 1.34. The molecular weight excluding hydrogens is 168 g/mol. The maximum atomic E-state index is 10.2. The summed E-state index contributed by atoms with van der Waals surface area (Å²) in [7, 11) is 1.43. The predicted molar refractivity (Wildman–Crippen MR) is 51.4 cm³/mol. The number of hydrogen-bond acceptors (Lipinski definition) is 3. The van der Waals surface area contributed by atoms with Gasteiger partial charge in [0.1, 0.15) is 6.29 Å². The van der Waals surface area contributed by atoms with E-state index in [4.69, 9.17) is 9.84 Å². The van der Waals surface area contributed by atoms with E-state index in [2.05, 4.69) is 0 Å². The number of methoxy groups -OCH3 is 1. The van der Waals surface area contributed by atoms with Crippen molar-refractivity contribution in [2.45, 2.75) is 13.8 Å². The van der Waals surface area contributed by atoms with Crippen LogP contribution < -0.4 is 4.74 Å². The lowest BCUT2D eigenvalue weighted by molar-refractivity contribution is 0.112. The van der Waals surface area contributed by atoms with E-state index < -0.39 is 0 Å². The Hall–Kier alpha value is -1.51. The van der Waals surface area contributed by atoms with Gasteiger partial charge in [-0.05, 0) is 18.2 Å². The largest absolute Gasteiger partial charge is 0.504 e. The first-order valence-corrected chi connectivity index (χ1v) is 4.10. The van der Waals surface area contributed by atoms with E-state index >= 15 is 0 Å². The highest BCUT2D eigenvalue weighted by Crippen LogP contribution is 2.25. The molecule has 0 aliphatic heterocycles. The van der Waals surface area contributed by atoms with Gasteiger partial charge in [0.15, 0.2) is 11.5 Å². The second kappa shape index (κ2) is 6.06. The van der Waals surface area contributed by atoms with Crippen LogP contribution in [0.5, 0.6) is 11.5 Å². The van der Waals surface area contributed by atoms with Crippen molar-refractivity contribution in [3.8, 4) is 11.5 Å². The first kappa shape index (κ1) is 11.5. The Kier molecular flexibility index (Phi) is 5.35. The van der Waals surface area contributed by atoms with Crippen LogP contribution in [0.4, 0.5) is 0 Å². The average molecular weight is 182 g/mol. The van der Waals surface area contributed by atoms with Crippen molar-refractivity contribution < 1.29 is 14.6 Å². The van der Waals surface area contributed by atoms with E-state index in [-0.39, 0.29) is 5.75 Å². The Morgan fingerprint density at radius 3 is 2.46 bits per heavy atom. The number of aldehydes is 1. The second-order valence-electron chi connectivity index (χ2n) is 2.05. The Bertz CT molecular complexity index is 269. The van der Waals surface area contributed by atoms with Crippen LogP contribution in [-0.2, 0) is 0 Å². The fraction of sp³-hybridized carbons (Fsp3) is 0.300. The molecule has 1 N–H and O–H groups in total. The van der Waals surface area contributed by atoms with Crippen molar-refractivity contribution in [3.63, 3.8) is 0 Å². The molecular formula is C10H14O3. The van der Waals surface area contributed by atoms with Gasteiger partial charge in [-0.25, -0.2) is 0 Å². The Labute approximate surface area is 78.0 Å². The van der Waals surface area contributed by atoms with Crippen LogP contribution in [0.3, 0.4) is 0 Å². The zero-order chi connectivity index (χ0) is 10.3. The number of benzene rings is 1. The molecule has 0 amide bonds. The summed E-state index contributed by atoms with van der Waals surface area (Å²) in [5, 5.41) is 9.09. The highest BCUT2D eigenvalue weighted by molar-refractivity contribution is 5.76. The molecule has 1 aromatic rings. The first-order valence-electron chi connectivity index (χ1n) is 4.10. The minimum absolute atomic E-state index is 0.0399. The molecule has 0 saturated carbocycles. The smallest absolute Gasteiger partial charge is 0.161 e. The number of phenolic OH excluding ortho intramolecular Hbond substituents is 1. The molecule has 0 spiro atoms. The molecule has 3 nitrogen and oxygen atoms in total. The van der Waals surface area contributed by atoms with Crippen LogP contribution in [0.2, 0.25) is 0 Å². The van der Waals surface area contributed by atoms with E-state index in [0.29, 0.717) is 17.6 Å². The predicted octanol–water partition coefficient (Wildman–Crippen LogP) is 2.24. The van der Waals surface area contributed by atoms with Crippen LogP contribution in [-0.4, -0.2) is 18.5 Å². The molecule has 0 aliphatic rings. The molecule has 0 fully saturated rings. The fourth-order valence-corrected chi connectivity index (χ4v) is 0.768. The van der Waals surface area contributed by atoms with Crippen molar-refractivity contribution in [1.82, 2.24) is 0 Å². The van der Waals surface area contributed by atoms with Crippen LogP contribution in [0.15, 0.2) is 18.2 Å². The maximum absolute atomic E-state index is 10.2. The van der Waals surface area contributed by atoms with Crippen LogP contribution >= 0.6 is 0 Å². The Balaban J connectivity index is 0.000000671. The van der Waals surface area contributed by atoms with Crippen molar-refractivity contribution >= 4 is 6.29 Å². The zero-order valence-corrected chi connectivity index (χ0v) is 8.07. The summed E-state index contributed by atoms with van der Waals surface area (Å²) in [6.45, 7) is 4.00. The van der Waals surface area contributed by atoms with Crippen LogP contribution in [0.25, 0.3) is 0 Å². The summed E-state index contributed by atoms with van der Waals surface area (Å²) in [4.78, 5) is 10.2. The average Bonchev–Trinajstić information content (AvgIpc) is 2.22. The fourth-order valence-electron chi connectivity index (χ4n) is 0.768. The molecule has 1 aromatic carbocycles. The Morgan fingerprint density at radius 2 is 2.00 bits per heavy atom. The van der Waals surface area contributed by atoms with Crippen molar-refractivity contribution in [1.29, 1.82) is 0 Å². The SMILES string of the molecule is CC.COc1cc(C=O)ccc1O. The minimum atomic E-state index is 0.0399. The molecule has 0 saturated heterocycles. The maximum Gasteiger partial charge on any atom is 0.161 e. The van der Waals surface area contributed by atoms with Crippen LogP contribution in [0, 0.1) is 0 Å². The summed E-state index contributed by atoms with van der Waals surface area (Å²) in [6.07, 6.45) is 0.696. The van der Waals surface area contributed by atoms with E-state index in [1.165, 1.54) is 25.3 Å². The lowest BCUT2D eigenvalue weighted by atomic mass is 10.2. The van der Waals surface area contributed by atoms with E-state index in [9.17, 15) is 4.79 Å². The molecule has 0 heterocycles. The number of carbonyl (C=O) groups excluding carboxylic acids is 1. The summed E-state index contributed by atoms with van der Waals surface area (Å²) in [6, 6.07) is 4.41. The third kappa shape index (κ3) is 3.15. The second-order valence-corrected chi connectivity index (χ2v) is 2.05. The molecule has 1 rings (SSSR count). The highest BCUT2D eigenvalue weighted by Gasteiger charge is 2.00. The van der Waals surface area contributed by atoms with Gasteiger partial charge in [0, 0.05) is 5.56 Å². The molecule has 3 heteroatoms. The molecule has 72 valence electrons. The topological polar surface area (TPSA) is 46.5 Å². The third-order valence-corrected chi connectivity index (χ3v) is 1.34. The molecule has 0 bridgehead atoms. The minimum Gasteiger partial charge on any atom is -0.504 e. The first-order chi connectivity index (χ1) is 6.27. The van der Waals surface area contributed by atoms with Crippen molar-refractivity contribution in [2.24, 2.45) is 0 Å². The van der Waals surface area contributed by atoms with Crippen LogP contribution in [0.1, 0.15) is 24.2 Å². The summed E-state index contributed by atoms with van der Waals surface area (Å²) in [5.74, 6) is 0.354. The van der Waals surface area contributed by atoms with Gasteiger partial charge in [0.25, 0.3) is 0 Å².